The van der Waals surface area contributed by atoms with Crippen molar-refractivity contribution in [3.05, 3.63) is 23.8 Å². The van der Waals surface area contributed by atoms with Crippen molar-refractivity contribution >= 4 is 5.71 Å². The van der Waals surface area contributed by atoms with Gasteiger partial charge in [-0.1, -0.05) is 5.16 Å². The van der Waals surface area contributed by atoms with Crippen molar-refractivity contribution < 1.29 is 32.6 Å². The van der Waals surface area contributed by atoms with Gasteiger partial charge in [0.05, 0.1) is 26.0 Å². The van der Waals surface area contributed by atoms with Crippen molar-refractivity contribution in [3.63, 3.8) is 0 Å². The molecule has 2 fully saturated rings. The molecule has 0 radical (unpaired) electrons. The fraction of sp³-hybridized carbons (Fsp3) is 0.611. The van der Waals surface area contributed by atoms with E-state index in [1.165, 1.54) is 13.2 Å². The van der Waals surface area contributed by atoms with Crippen LogP contribution in [-0.2, 0) is 14.3 Å². The van der Waals surface area contributed by atoms with E-state index in [1.807, 2.05) is 0 Å². The van der Waals surface area contributed by atoms with E-state index in [-0.39, 0.29) is 17.1 Å². The molecule has 0 aromatic heterocycles. The van der Waals surface area contributed by atoms with Crippen LogP contribution >= 0.6 is 0 Å². The molecule has 1 aromatic carbocycles. The summed E-state index contributed by atoms with van der Waals surface area (Å²) in [5, 5.41) is 4.25. The molecule has 6 nitrogen and oxygen atoms in total. The second kappa shape index (κ2) is 6.66. The Bertz CT molecular complexity index is 693. The van der Waals surface area contributed by atoms with Gasteiger partial charge < -0.3 is 23.8 Å². The average molecular weight is 369 g/mol. The number of ether oxygens (including phenoxy) is 4. The Hall–Kier alpha value is -1.93. The summed E-state index contributed by atoms with van der Waals surface area (Å²) >= 11 is 0. The summed E-state index contributed by atoms with van der Waals surface area (Å²) < 4.78 is 46.1. The van der Waals surface area contributed by atoms with Crippen LogP contribution in [0, 0.1) is 0 Å². The highest BCUT2D eigenvalue weighted by Gasteiger charge is 2.50. The molecule has 2 heterocycles. The highest BCUT2D eigenvalue weighted by molar-refractivity contribution is 6.02. The quantitative estimate of drug-likeness (QED) is 0.813. The zero-order chi connectivity index (χ0) is 18.2. The zero-order valence-corrected chi connectivity index (χ0v) is 14.5. The minimum atomic E-state index is -2.90. The van der Waals surface area contributed by atoms with Gasteiger partial charge in [-0.15, -0.1) is 0 Å². The first-order valence-electron chi connectivity index (χ1n) is 8.69. The van der Waals surface area contributed by atoms with E-state index in [2.05, 4.69) is 9.89 Å². The Kier molecular flexibility index (Phi) is 4.48. The summed E-state index contributed by atoms with van der Waals surface area (Å²) in [4.78, 5) is 5.80. The largest absolute Gasteiger partial charge is 0.493 e. The van der Waals surface area contributed by atoms with Gasteiger partial charge in [0.15, 0.2) is 17.3 Å². The summed E-state index contributed by atoms with van der Waals surface area (Å²) in [6, 6.07) is 4.80. The number of methoxy groups -OCH3 is 1. The average Bonchev–Trinajstić information content (AvgIpc) is 3.26. The summed E-state index contributed by atoms with van der Waals surface area (Å²) in [7, 11) is 1.41. The molecule has 142 valence electrons. The number of alkyl halides is 2. The monoisotopic (exact) mass is 369 g/mol. The van der Waals surface area contributed by atoms with E-state index >= 15 is 0 Å². The SMILES string of the molecule is COc1cc(C2=NOC3(CCC4(CC3)OCCO4)C2)ccc1OC(F)F. The van der Waals surface area contributed by atoms with Crippen LogP contribution in [0.3, 0.4) is 0 Å². The molecule has 0 atom stereocenters. The number of nitrogens with zero attached hydrogens (tertiary/aromatic N) is 1. The molecule has 0 unspecified atom stereocenters. The highest BCUT2D eigenvalue weighted by atomic mass is 19.3. The fourth-order valence-electron chi connectivity index (χ4n) is 3.86. The molecule has 26 heavy (non-hydrogen) atoms. The predicted octanol–water partition coefficient (Wildman–Crippen LogP) is 3.48. The fourth-order valence-corrected chi connectivity index (χ4v) is 3.86. The summed E-state index contributed by atoms with van der Waals surface area (Å²) in [6.45, 7) is -1.62. The number of hydrogen-bond acceptors (Lipinski definition) is 6. The molecule has 2 spiro atoms. The van der Waals surface area contributed by atoms with Gasteiger partial charge in [-0.25, -0.2) is 0 Å². The standard InChI is InChI=1S/C18H21F2NO5/c1-22-15-10-12(2-3-14(15)25-16(19)20)13-11-17(26-21-13)4-6-18(7-5-17)23-8-9-24-18/h2-3,10,16H,4-9,11H2,1H3. The maximum Gasteiger partial charge on any atom is 0.387 e. The van der Waals surface area contributed by atoms with Gasteiger partial charge in [0.2, 0.25) is 0 Å². The maximum atomic E-state index is 12.5. The van der Waals surface area contributed by atoms with E-state index in [4.69, 9.17) is 19.0 Å². The number of rotatable bonds is 4. The van der Waals surface area contributed by atoms with E-state index in [9.17, 15) is 8.78 Å². The lowest BCUT2D eigenvalue weighted by molar-refractivity contribution is -0.206. The van der Waals surface area contributed by atoms with Gasteiger partial charge in [0, 0.05) is 24.8 Å². The molecule has 1 saturated carbocycles. The minimum absolute atomic E-state index is 0.00406. The van der Waals surface area contributed by atoms with Gasteiger partial charge >= 0.3 is 6.61 Å². The van der Waals surface area contributed by atoms with E-state index in [0.29, 0.717) is 19.6 Å². The molecule has 1 aromatic rings. The molecule has 4 rings (SSSR count). The minimum Gasteiger partial charge on any atom is -0.493 e. The molecule has 3 aliphatic rings. The second-order valence-corrected chi connectivity index (χ2v) is 6.84. The van der Waals surface area contributed by atoms with Gasteiger partial charge in [-0.05, 0) is 31.0 Å². The van der Waals surface area contributed by atoms with Crippen molar-refractivity contribution in [3.8, 4) is 11.5 Å². The van der Waals surface area contributed by atoms with Gasteiger partial charge in [-0.2, -0.15) is 8.78 Å². The van der Waals surface area contributed by atoms with Gasteiger partial charge in [0.1, 0.15) is 5.60 Å². The lowest BCUT2D eigenvalue weighted by Crippen LogP contribution is -2.43. The van der Waals surface area contributed by atoms with Crippen LogP contribution in [0.1, 0.15) is 37.7 Å². The third-order valence-electron chi connectivity index (χ3n) is 5.29. The second-order valence-electron chi connectivity index (χ2n) is 6.84. The molecular formula is C18H21F2NO5. The Morgan fingerprint density at radius 1 is 1.08 bits per heavy atom. The Balaban J connectivity index is 1.45. The van der Waals surface area contributed by atoms with E-state index in [0.717, 1.165) is 37.0 Å². The van der Waals surface area contributed by atoms with Crippen molar-refractivity contribution in [2.45, 2.75) is 50.1 Å². The zero-order valence-electron chi connectivity index (χ0n) is 14.5. The number of halogens is 2. The molecule has 1 aliphatic carbocycles. The molecule has 0 bridgehead atoms. The van der Waals surface area contributed by atoms with E-state index in [1.54, 1.807) is 12.1 Å². The van der Waals surface area contributed by atoms with Crippen LogP contribution < -0.4 is 9.47 Å². The molecule has 2 aliphatic heterocycles. The van der Waals surface area contributed by atoms with Crippen LogP contribution in [0.4, 0.5) is 8.78 Å². The van der Waals surface area contributed by atoms with Gasteiger partial charge in [0.25, 0.3) is 0 Å². The lowest BCUT2D eigenvalue weighted by atomic mass is 9.78. The summed E-state index contributed by atoms with van der Waals surface area (Å²) in [5.74, 6) is -0.216. The van der Waals surface area contributed by atoms with Crippen molar-refractivity contribution in [1.82, 2.24) is 0 Å². The number of benzene rings is 1. The van der Waals surface area contributed by atoms with Crippen molar-refractivity contribution in [2.24, 2.45) is 5.16 Å². The molecular weight excluding hydrogens is 348 g/mol. The summed E-state index contributed by atoms with van der Waals surface area (Å²) in [5.41, 5.74) is 1.20. The number of oxime groups is 1. The van der Waals surface area contributed by atoms with Crippen molar-refractivity contribution in [2.75, 3.05) is 20.3 Å². The molecule has 1 saturated heterocycles. The Morgan fingerprint density at radius 3 is 2.46 bits per heavy atom. The first-order chi connectivity index (χ1) is 12.5. The first kappa shape index (κ1) is 17.5. The highest BCUT2D eigenvalue weighted by Crippen LogP contribution is 2.46. The molecule has 0 amide bonds. The third kappa shape index (κ3) is 3.23. The first-order valence-corrected chi connectivity index (χ1v) is 8.69. The van der Waals surface area contributed by atoms with Crippen LogP contribution in [0.15, 0.2) is 23.4 Å². The molecule has 0 N–H and O–H groups in total. The maximum absolute atomic E-state index is 12.5. The molecule has 8 heteroatoms. The normalized spacial score (nSPS) is 23.3. The third-order valence-corrected chi connectivity index (χ3v) is 5.29. The van der Waals surface area contributed by atoms with Crippen LogP contribution in [-0.4, -0.2) is 44.0 Å². The Labute approximate surface area is 150 Å². The lowest BCUT2D eigenvalue weighted by Gasteiger charge is -2.39. The Morgan fingerprint density at radius 2 is 1.81 bits per heavy atom. The summed E-state index contributed by atoms with van der Waals surface area (Å²) in [6.07, 6.45) is 3.80. The van der Waals surface area contributed by atoms with Crippen LogP contribution in [0.2, 0.25) is 0 Å². The van der Waals surface area contributed by atoms with Gasteiger partial charge in [-0.3, -0.25) is 0 Å². The number of hydrogen-bond donors (Lipinski definition) is 0. The topological polar surface area (TPSA) is 58.5 Å². The van der Waals surface area contributed by atoms with Crippen LogP contribution in [0.25, 0.3) is 0 Å². The van der Waals surface area contributed by atoms with Crippen molar-refractivity contribution in [1.29, 1.82) is 0 Å². The van der Waals surface area contributed by atoms with Crippen LogP contribution in [0.5, 0.6) is 11.5 Å². The smallest absolute Gasteiger partial charge is 0.387 e. The predicted molar refractivity (Wildman–Crippen MR) is 87.7 cm³/mol. The van der Waals surface area contributed by atoms with E-state index < -0.39 is 12.4 Å².